The average molecular weight is 109 g/mol. The predicted molar refractivity (Wildman–Crippen MR) is 31.2 cm³/mol. The summed E-state index contributed by atoms with van der Waals surface area (Å²) < 4.78 is 0. The Bertz CT molecular complexity index is 164. The van der Waals surface area contributed by atoms with E-state index in [0.717, 1.165) is 5.82 Å². The van der Waals surface area contributed by atoms with E-state index in [1.54, 1.807) is 7.05 Å². The van der Waals surface area contributed by atoms with Gasteiger partial charge in [-0.2, -0.15) is 5.11 Å². The number of rotatable bonds is 1. The zero-order valence-electron chi connectivity index (χ0n) is 4.63. The van der Waals surface area contributed by atoms with Crippen LogP contribution >= 0.6 is 0 Å². The van der Waals surface area contributed by atoms with Gasteiger partial charge in [-0.3, -0.25) is 0 Å². The summed E-state index contributed by atoms with van der Waals surface area (Å²) >= 11 is 0. The number of aromatic nitrogens is 1. The van der Waals surface area contributed by atoms with Crippen molar-refractivity contribution in [2.75, 3.05) is 7.05 Å². The third kappa shape index (κ3) is 0.932. The molecular formula is C5H7N3. The number of nitrogens with zero attached hydrogens (tertiary/aromatic N) is 2. The van der Waals surface area contributed by atoms with Crippen molar-refractivity contribution in [2.24, 2.45) is 10.2 Å². The van der Waals surface area contributed by atoms with E-state index in [0.29, 0.717) is 0 Å². The monoisotopic (exact) mass is 109 g/mol. The van der Waals surface area contributed by atoms with Gasteiger partial charge in [0.05, 0.1) is 0 Å². The molecule has 1 rings (SSSR count). The smallest absolute Gasteiger partial charge is 0.152 e. The summed E-state index contributed by atoms with van der Waals surface area (Å²) in [6.07, 6.45) is 1.81. The minimum absolute atomic E-state index is 0.799. The average Bonchev–Trinajstić information content (AvgIpc) is 2.19. The highest BCUT2D eigenvalue weighted by molar-refractivity contribution is 5.24. The van der Waals surface area contributed by atoms with E-state index in [2.05, 4.69) is 15.2 Å². The quantitative estimate of drug-likeness (QED) is 0.533. The van der Waals surface area contributed by atoms with E-state index in [-0.39, 0.29) is 0 Å². The first-order valence-corrected chi connectivity index (χ1v) is 2.36. The Morgan fingerprint density at radius 1 is 1.62 bits per heavy atom. The van der Waals surface area contributed by atoms with Crippen molar-refractivity contribution in [3.63, 3.8) is 0 Å². The number of aromatic amines is 1. The van der Waals surface area contributed by atoms with Crippen LogP contribution in [-0.2, 0) is 0 Å². The fourth-order valence-electron chi connectivity index (χ4n) is 0.491. The molecule has 1 N–H and O–H groups in total. The van der Waals surface area contributed by atoms with E-state index in [9.17, 15) is 0 Å². The lowest BCUT2D eigenvalue weighted by molar-refractivity contribution is 1.13. The van der Waals surface area contributed by atoms with Crippen LogP contribution in [0, 0.1) is 0 Å². The van der Waals surface area contributed by atoms with Crippen LogP contribution < -0.4 is 0 Å². The molecule has 0 bridgehead atoms. The molecule has 8 heavy (non-hydrogen) atoms. The summed E-state index contributed by atoms with van der Waals surface area (Å²) in [5.74, 6) is 0.799. The Balaban J connectivity index is 2.77. The number of nitrogens with one attached hydrogen (secondary N) is 1. The third-order valence-corrected chi connectivity index (χ3v) is 0.789. The van der Waals surface area contributed by atoms with Crippen LogP contribution in [0.4, 0.5) is 5.82 Å². The van der Waals surface area contributed by atoms with E-state index in [1.165, 1.54) is 0 Å². The van der Waals surface area contributed by atoms with Crippen molar-refractivity contribution in [1.82, 2.24) is 4.98 Å². The molecule has 0 aromatic carbocycles. The summed E-state index contributed by atoms with van der Waals surface area (Å²) in [6.45, 7) is 0. The third-order valence-electron chi connectivity index (χ3n) is 0.789. The molecule has 0 fully saturated rings. The SMILES string of the molecule is C/N=N/c1ccc[nH]1. The van der Waals surface area contributed by atoms with Crippen LogP contribution in [0.15, 0.2) is 28.6 Å². The molecule has 3 heteroatoms. The van der Waals surface area contributed by atoms with Crippen molar-refractivity contribution < 1.29 is 0 Å². The molecule has 0 atom stereocenters. The molecule has 1 heterocycles. The maximum Gasteiger partial charge on any atom is 0.152 e. The molecule has 1 aromatic heterocycles. The summed E-state index contributed by atoms with van der Waals surface area (Å²) in [7, 11) is 1.64. The Morgan fingerprint density at radius 3 is 3.00 bits per heavy atom. The molecule has 0 aliphatic heterocycles. The second-order valence-electron chi connectivity index (χ2n) is 1.36. The van der Waals surface area contributed by atoms with E-state index >= 15 is 0 Å². The van der Waals surface area contributed by atoms with Gasteiger partial charge in [0.25, 0.3) is 0 Å². The standard InChI is InChI=1S/C5H7N3/c1-6-8-5-3-2-4-7-5/h2-4,7H,1H3/b8-6+. The number of hydrogen-bond donors (Lipinski definition) is 1. The number of hydrogen-bond acceptors (Lipinski definition) is 2. The molecule has 0 aliphatic rings. The molecular weight excluding hydrogens is 102 g/mol. The molecule has 0 aliphatic carbocycles. The zero-order valence-corrected chi connectivity index (χ0v) is 4.63. The fourth-order valence-corrected chi connectivity index (χ4v) is 0.491. The van der Waals surface area contributed by atoms with Gasteiger partial charge in [-0.25, -0.2) is 0 Å². The lowest BCUT2D eigenvalue weighted by Gasteiger charge is -1.76. The van der Waals surface area contributed by atoms with Crippen LogP contribution in [0.3, 0.4) is 0 Å². The molecule has 0 spiro atoms. The molecule has 0 unspecified atom stereocenters. The first kappa shape index (κ1) is 5.03. The molecule has 1 aromatic rings. The molecule has 42 valence electrons. The van der Waals surface area contributed by atoms with Gasteiger partial charge in [-0.05, 0) is 12.1 Å². The van der Waals surface area contributed by atoms with Crippen molar-refractivity contribution >= 4 is 5.82 Å². The minimum Gasteiger partial charge on any atom is -0.345 e. The van der Waals surface area contributed by atoms with Gasteiger partial charge in [0, 0.05) is 13.2 Å². The van der Waals surface area contributed by atoms with Crippen molar-refractivity contribution in [1.29, 1.82) is 0 Å². The zero-order chi connectivity index (χ0) is 5.82. The number of azo groups is 1. The van der Waals surface area contributed by atoms with Crippen molar-refractivity contribution in [3.05, 3.63) is 18.3 Å². The van der Waals surface area contributed by atoms with Crippen molar-refractivity contribution in [2.45, 2.75) is 0 Å². The van der Waals surface area contributed by atoms with Crippen LogP contribution in [0.25, 0.3) is 0 Å². The van der Waals surface area contributed by atoms with E-state index in [1.807, 2.05) is 18.3 Å². The van der Waals surface area contributed by atoms with Crippen LogP contribution in [0.1, 0.15) is 0 Å². The topological polar surface area (TPSA) is 40.5 Å². The Labute approximate surface area is 47.5 Å². The van der Waals surface area contributed by atoms with Crippen LogP contribution in [0.5, 0.6) is 0 Å². The normalized spacial score (nSPS) is 10.6. The maximum absolute atomic E-state index is 3.74. The molecule has 3 nitrogen and oxygen atoms in total. The Morgan fingerprint density at radius 2 is 2.50 bits per heavy atom. The van der Waals surface area contributed by atoms with Gasteiger partial charge >= 0.3 is 0 Å². The highest BCUT2D eigenvalue weighted by Gasteiger charge is 1.81. The highest BCUT2D eigenvalue weighted by atomic mass is 15.1. The molecule has 0 saturated carbocycles. The lowest BCUT2D eigenvalue weighted by Crippen LogP contribution is -1.55. The minimum atomic E-state index is 0.799. The van der Waals surface area contributed by atoms with Gasteiger partial charge < -0.3 is 4.98 Å². The van der Waals surface area contributed by atoms with Crippen LogP contribution in [0.2, 0.25) is 0 Å². The summed E-state index contributed by atoms with van der Waals surface area (Å²) in [5, 5.41) is 7.31. The van der Waals surface area contributed by atoms with Crippen LogP contribution in [-0.4, -0.2) is 12.0 Å². The second kappa shape index (κ2) is 2.26. The second-order valence-corrected chi connectivity index (χ2v) is 1.36. The van der Waals surface area contributed by atoms with Gasteiger partial charge in [0.15, 0.2) is 5.82 Å². The molecule has 0 saturated heterocycles. The Kier molecular flexibility index (Phi) is 1.42. The largest absolute Gasteiger partial charge is 0.345 e. The molecule has 0 radical (unpaired) electrons. The van der Waals surface area contributed by atoms with Gasteiger partial charge in [-0.1, -0.05) is 0 Å². The summed E-state index contributed by atoms with van der Waals surface area (Å²) in [5.41, 5.74) is 0. The van der Waals surface area contributed by atoms with Gasteiger partial charge in [0.1, 0.15) is 0 Å². The highest BCUT2D eigenvalue weighted by Crippen LogP contribution is 2.04. The maximum atomic E-state index is 3.74. The van der Waals surface area contributed by atoms with E-state index < -0.39 is 0 Å². The molecule has 0 amide bonds. The van der Waals surface area contributed by atoms with Gasteiger partial charge in [-0.15, -0.1) is 5.11 Å². The first-order chi connectivity index (χ1) is 3.93. The lowest BCUT2D eigenvalue weighted by atomic mass is 10.6. The van der Waals surface area contributed by atoms with E-state index in [4.69, 9.17) is 0 Å². The summed E-state index contributed by atoms with van der Waals surface area (Å²) in [6, 6.07) is 3.73. The Hall–Kier alpha value is -1.12. The fraction of sp³-hybridized carbons (Fsp3) is 0.200. The van der Waals surface area contributed by atoms with Crippen molar-refractivity contribution in [3.8, 4) is 0 Å². The number of H-pyrrole nitrogens is 1. The first-order valence-electron chi connectivity index (χ1n) is 2.36. The van der Waals surface area contributed by atoms with Gasteiger partial charge in [0.2, 0.25) is 0 Å². The predicted octanol–water partition coefficient (Wildman–Crippen LogP) is 1.73. The summed E-state index contributed by atoms with van der Waals surface area (Å²) in [4.78, 5) is 2.88.